The van der Waals surface area contributed by atoms with Gasteiger partial charge < -0.3 is 5.11 Å². The lowest BCUT2D eigenvalue weighted by molar-refractivity contribution is 0.321. The summed E-state index contributed by atoms with van der Waals surface area (Å²) in [7, 11) is -1.04. The predicted molar refractivity (Wildman–Crippen MR) is 60.3 cm³/mol. The molecule has 1 aromatic carbocycles. The van der Waals surface area contributed by atoms with E-state index in [-0.39, 0.29) is 6.61 Å². The summed E-state index contributed by atoms with van der Waals surface area (Å²) < 4.78 is 11.3. The summed E-state index contributed by atoms with van der Waals surface area (Å²) in [4.78, 5) is 0. The Morgan fingerprint density at radius 3 is 2.57 bits per heavy atom. The van der Waals surface area contributed by atoms with Crippen LogP contribution in [0.25, 0.3) is 0 Å². The summed E-state index contributed by atoms with van der Waals surface area (Å²) in [5.41, 5.74) is 0.867. The van der Waals surface area contributed by atoms with Crippen molar-refractivity contribution in [2.24, 2.45) is 0 Å². The van der Waals surface area contributed by atoms with Crippen LogP contribution in [0.5, 0.6) is 0 Å². The molecule has 1 atom stereocenters. The van der Waals surface area contributed by atoms with Gasteiger partial charge in [-0.25, -0.2) is 0 Å². The van der Waals surface area contributed by atoms with Crippen molar-refractivity contribution in [3.8, 4) is 0 Å². The summed E-state index contributed by atoms with van der Waals surface area (Å²) in [6.45, 7) is -0.0616. The van der Waals surface area contributed by atoms with Gasteiger partial charge >= 0.3 is 0 Å². The average Bonchev–Trinajstić information content (AvgIpc) is 2.12. The minimum Gasteiger partial charge on any atom is -0.395 e. The zero-order chi connectivity index (χ0) is 10.6. The van der Waals surface area contributed by atoms with E-state index >= 15 is 0 Å². The third-order valence-corrected chi connectivity index (χ3v) is 3.66. The Hall–Kier alpha value is -0.0900. The molecule has 1 unspecified atom stereocenters. The predicted octanol–water partition coefficient (Wildman–Crippen LogP) is 2.23. The van der Waals surface area contributed by atoms with Gasteiger partial charge in [-0.2, -0.15) is 0 Å². The number of aliphatic hydroxyl groups excluding tert-OH is 1. The molecule has 0 radical (unpaired) electrons. The lowest BCUT2D eigenvalue weighted by Crippen LogP contribution is -2.04. The van der Waals surface area contributed by atoms with Crippen molar-refractivity contribution < 1.29 is 9.32 Å². The van der Waals surface area contributed by atoms with E-state index in [0.29, 0.717) is 21.6 Å². The minimum atomic E-state index is -1.04. The third kappa shape index (κ3) is 3.58. The van der Waals surface area contributed by atoms with Gasteiger partial charge in [0.15, 0.2) is 0 Å². The Kier molecular flexibility index (Phi) is 4.89. The van der Waals surface area contributed by atoms with Crippen molar-refractivity contribution in [2.45, 2.75) is 5.75 Å². The standard InChI is InChI=1S/C9H10Cl2O2S/c10-8-2-1-7(5-9(8)11)6-14(13)4-3-12/h1-2,5,12H,3-4,6H2. The highest BCUT2D eigenvalue weighted by Gasteiger charge is 2.03. The Balaban J connectivity index is 2.68. The number of aliphatic hydroxyl groups is 1. The fraction of sp³-hybridized carbons (Fsp3) is 0.333. The molecule has 0 fully saturated rings. The van der Waals surface area contributed by atoms with Gasteiger partial charge in [-0.05, 0) is 17.7 Å². The largest absolute Gasteiger partial charge is 0.395 e. The van der Waals surface area contributed by atoms with E-state index in [4.69, 9.17) is 28.3 Å². The van der Waals surface area contributed by atoms with Crippen molar-refractivity contribution in [1.82, 2.24) is 0 Å². The van der Waals surface area contributed by atoms with Crippen LogP contribution in [0, 0.1) is 0 Å². The minimum absolute atomic E-state index is 0.0616. The van der Waals surface area contributed by atoms with Crippen LogP contribution < -0.4 is 0 Å². The van der Waals surface area contributed by atoms with E-state index in [2.05, 4.69) is 0 Å². The molecule has 1 rings (SSSR count). The molecule has 0 aliphatic heterocycles. The molecule has 1 N–H and O–H groups in total. The molecule has 0 aromatic heterocycles. The van der Waals surface area contributed by atoms with Crippen molar-refractivity contribution in [2.75, 3.05) is 12.4 Å². The second kappa shape index (κ2) is 5.71. The zero-order valence-corrected chi connectivity index (χ0v) is 9.70. The first-order chi connectivity index (χ1) is 6.63. The lowest BCUT2D eigenvalue weighted by Gasteiger charge is -2.02. The fourth-order valence-electron chi connectivity index (χ4n) is 0.989. The van der Waals surface area contributed by atoms with Crippen LogP contribution in [-0.4, -0.2) is 21.7 Å². The van der Waals surface area contributed by atoms with E-state index in [1.54, 1.807) is 18.2 Å². The van der Waals surface area contributed by atoms with Gasteiger partial charge in [0.1, 0.15) is 0 Å². The van der Waals surface area contributed by atoms with Gasteiger partial charge in [-0.1, -0.05) is 29.3 Å². The first-order valence-corrected chi connectivity index (χ1v) is 6.27. The highest BCUT2D eigenvalue weighted by Crippen LogP contribution is 2.23. The average molecular weight is 253 g/mol. The van der Waals surface area contributed by atoms with Gasteiger partial charge in [0.2, 0.25) is 0 Å². The van der Waals surface area contributed by atoms with Crippen LogP contribution >= 0.6 is 23.2 Å². The SMILES string of the molecule is O=S(CCO)Cc1ccc(Cl)c(Cl)c1. The van der Waals surface area contributed by atoms with E-state index in [1.807, 2.05) is 0 Å². The van der Waals surface area contributed by atoms with Gasteiger partial charge in [0.25, 0.3) is 0 Å². The Bertz CT molecular complexity index is 342. The van der Waals surface area contributed by atoms with Gasteiger partial charge in [0, 0.05) is 22.3 Å². The maximum Gasteiger partial charge on any atom is 0.0595 e. The molecule has 2 nitrogen and oxygen atoms in total. The van der Waals surface area contributed by atoms with Crippen molar-refractivity contribution in [1.29, 1.82) is 0 Å². The molecule has 0 saturated carbocycles. The van der Waals surface area contributed by atoms with E-state index in [9.17, 15) is 4.21 Å². The maximum atomic E-state index is 11.3. The van der Waals surface area contributed by atoms with Crippen molar-refractivity contribution in [3.63, 3.8) is 0 Å². The quantitative estimate of drug-likeness (QED) is 0.893. The maximum absolute atomic E-state index is 11.3. The summed E-state index contributed by atoms with van der Waals surface area (Å²) in [5.74, 6) is 0.692. The van der Waals surface area contributed by atoms with E-state index < -0.39 is 10.8 Å². The second-order valence-corrected chi connectivity index (χ2v) is 5.15. The van der Waals surface area contributed by atoms with Crippen LogP contribution in [0.15, 0.2) is 18.2 Å². The number of hydrogen-bond donors (Lipinski definition) is 1. The Morgan fingerprint density at radius 2 is 2.00 bits per heavy atom. The number of rotatable bonds is 4. The smallest absolute Gasteiger partial charge is 0.0595 e. The normalized spacial score (nSPS) is 12.8. The summed E-state index contributed by atoms with van der Waals surface area (Å²) in [5, 5.41) is 9.53. The molecule has 0 amide bonds. The van der Waals surface area contributed by atoms with Crippen LogP contribution in [-0.2, 0) is 16.6 Å². The molecule has 78 valence electrons. The summed E-state index contributed by atoms with van der Waals surface area (Å²) in [6.07, 6.45) is 0. The van der Waals surface area contributed by atoms with Crippen LogP contribution in [0.1, 0.15) is 5.56 Å². The van der Waals surface area contributed by atoms with Crippen molar-refractivity contribution in [3.05, 3.63) is 33.8 Å². The highest BCUT2D eigenvalue weighted by atomic mass is 35.5. The number of hydrogen-bond acceptors (Lipinski definition) is 2. The zero-order valence-electron chi connectivity index (χ0n) is 7.37. The Morgan fingerprint density at radius 1 is 1.29 bits per heavy atom. The molecule has 0 spiro atoms. The highest BCUT2D eigenvalue weighted by molar-refractivity contribution is 7.84. The molecule has 0 saturated heterocycles. The van der Waals surface area contributed by atoms with Crippen LogP contribution in [0.3, 0.4) is 0 Å². The summed E-state index contributed by atoms with van der Waals surface area (Å²) in [6, 6.07) is 5.15. The lowest BCUT2D eigenvalue weighted by atomic mass is 10.2. The Labute approximate surface area is 95.3 Å². The molecule has 1 aromatic rings. The first kappa shape index (κ1) is 12.0. The first-order valence-electron chi connectivity index (χ1n) is 4.03. The van der Waals surface area contributed by atoms with Crippen LogP contribution in [0.2, 0.25) is 10.0 Å². The molecular weight excluding hydrogens is 243 g/mol. The second-order valence-electron chi connectivity index (χ2n) is 2.76. The van der Waals surface area contributed by atoms with E-state index in [0.717, 1.165) is 5.56 Å². The topological polar surface area (TPSA) is 37.3 Å². The van der Waals surface area contributed by atoms with Gasteiger partial charge in [-0.3, -0.25) is 4.21 Å². The fourth-order valence-corrected chi connectivity index (χ4v) is 2.21. The molecule has 0 aliphatic rings. The van der Waals surface area contributed by atoms with Crippen LogP contribution in [0.4, 0.5) is 0 Å². The van der Waals surface area contributed by atoms with E-state index in [1.165, 1.54) is 0 Å². The molecular formula is C9H10Cl2O2S. The summed E-state index contributed by atoms with van der Waals surface area (Å²) >= 11 is 11.5. The number of benzene rings is 1. The van der Waals surface area contributed by atoms with Gasteiger partial charge in [-0.15, -0.1) is 0 Å². The molecule has 0 aliphatic carbocycles. The van der Waals surface area contributed by atoms with Gasteiger partial charge in [0.05, 0.1) is 16.7 Å². The molecule has 0 heterocycles. The third-order valence-electron chi connectivity index (χ3n) is 1.63. The molecule has 5 heteroatoms. The molecule has 0 bridgehead atoms. The monoisotopic (exact) mass is 252 g/mol. The van der Waals surface area contributed by atoms with Crippen molar-refractivity contribution >= 4 is 34.0 Å². The molecule has 14 heavy (non-hydrogen) atoms. The number of halogens is 2.